The Morgan fingerprint density at radius 3 is 2.52 bits per heavy atom. The van der Waals surface area contributed by atoms with Gasteiger partial charge in [-0.15, -0.1) is 0 Å². The first kappa shape index (κ1) is 34.4. The number of nitrogens with two attached hydrogens (primary N) is 1. The minimum atomic E-state index is -1.21. The summed E-state index contributed by atoms with van der Waals surface area (Å²) in [5, 5.41) is 22.6. The summed E-state index contributed by atoms with van der Waals surface area (Å²) in [7, 11) is 1.53. The second kappa shape index (κ2) is 15.2. The van der Waals surface area contributed by atoms with Crippen molar-refractivity contribution >= 4 is 35.5 Å². The molecule has 3 aromatic rings. The third-order valence-corrected chi connectivity index (χ3v) is 8.62. The number of amides is 3. The SMILES string of the molecule is CN(CCO)C(=O)CN(Cc1cccc(NC2=C(C(N)=O)CC(c3ccc(C(C)(C)O)cc3F)S2)n1)C(=O)OCc1ccccc1. The number of thioether (sulfide) groups is 1. The summed E-state index contributed by atoms with van der Waals surface area (Å²) in [4.78, 5) is 45.4. The Hall–Kier alpha value is -4.46. The molecule has 0 spiro atoms. The lowest BCUT2D eigenvalue weighted by Gasteiger charge is -2.24. The molecule has 0 saturated heterocycles. The Bertz CT molecular complexity index is 1600. The van der Waals surface area contributed by atoms with E-state index >= 15 is 4.39 Å². The molecule has 244 valence electrons. The Morgan fingerprint density at radius 2 is 1.87 bits per heavy atom. The number of aromatic nitrogens is 1. The molecular formula is C33H38FN5O6S. The van der Waals surface area contributed by atoms with Crippen molar-refractivity contribution in [1.29, 1.82) is 0 Å². The van der Waals surface area contributed by atoms with Gasteiger partial charge in [0, 0.05) is 30.0 Å². The van der Waals surface area contributed by atoms with E-state index in [1.807, 2.05) is 30.3 Å². The summed E-state index contributed by atoms with van der Waals surface area (Å²) in [6.45, 7) is 2.65. The number of anilines is 1. The average Bonchev–Trinajstić information content (AvgIpc) is 3.43. The first-order valence-corrected chi connectivity index (χ1v) is 15.5. The van der Waals surface area contributed by atoms with Crippen LogP contribution < -0.4 is 11.1 Å². The van der Waals surface area contributed by atoms with Crippen molar-refractivity contribution < 1.29 is 33.7 Å². The van der Waals surface area contributed by atoms with Crippen LogP contribution in [0, 0.1) is 5.82 Å². The molecule has 13 heteroatoms. The predicted octanol–water partition coefficient (Wildman–Crippen LogP) is 4.02. The largest absolute Gasteiger partial charge is 0.445 e. The summed E-state index contributed by atoms with van der Waals surface area (Å²) in [5.41, 5.74) is 6.77. The molecule has 0 fully saturated rings. The van der Waals surface area contributed by atoms with E-state index in [0.29, 0.717) is 27.7 Å². The Labute approximate surface area is 271 Å². The van der Waals surface area contributed by atoms with Crippen LogP contribution in [0.4, 0.5) is 15.0 Å². The number of hydrogen-bond donors (Lipinski definition) is 4. The zero-order chi connectivity index (χ0) is 33.4. The number of nitrogens with zero attached hydrogens (tertiary/aromatic N) is 3. The van der Waals surface area contributed by atoms with Crippen molar-refractivity contribution in [2.45, 2.75) is 44.3 Å². The first-order valence-electron chi connectivity index (χ1n) is 14.6. The highest BCUT2D eigenvalue weighted by Crippen LogP contribution is 2.48. The highest BCUT2D eigenvalue weighted by atomic mass is 32.2. The third-order valence-electron chi connectivity index (χ3n) is 7.33. The molecule has 1 unspecified atom stereocenters. The maximum absolute atomic E-state index is 15.1. The highest BCUT2D eigenvalue weighted by molar-refractivity contribution is 8.03. The lowest BCUT2D eigenvalue weighted by atomic mass is 9.95. The second-order valence-electron chi connectivity index (χ2n) is 11.4. The number of aliphatic hydroxyl groups excluding tert-OH is 1. The molecule has 0 saturated carbocycles. The van der Waals surface area contributed by atoms with Gasteiger partial charge in [-0.05, 0) is 49.6 Å². The molecule has 3 amide bonds. The molecule has 1 aromatic heterocycles. The predicted molar refractivity (Wildman–Crippen MR) is 172 cm³/mol. The van der Waals surface area contributed by atoms with Crippen LogP contribution in [0.2, 0.25) is 0 Å². The zero-order valence-electron chi connectivity index (χ0n) is 25.9. The van der Waals surface area contributed by atoms with Crippen molar-refractivity contribution in [1.82, 2.24) is 14.8 Å². The zero-order valence-corrected chi connectivity index (χ0v) is 26.7. The molecule has 4 rings (SSSR count). The molecular weight excluding hydrogens is 613 g/mol. The van der Waals surface area contributed by atoms with Crippen molar-refractivity contribution in [3.05, 3.63) is 106 Å². The minimum absolute atomic E-state index is 0.00931. The summed E-state index contributed by atoms with van der Waals surface area (Å²) >= 11 is 1.24. The number of primary amides is 1. The van der Waals surface area contributed by atoms with Crippen LogP contribution in [0.15, 0.2) is 77.3 Å². The molecule has 2 heterocycles. The van der Waals surface area contributed by atoms with E-state index in [4.69, 9.17) is 10.5 Å². The maximum Gasteiger partial charge on any atom is 0.410 e. The van der Waals surface area contributed by atoms with Crippen LogP contribution in [-0.2, 0) is 33.1 Å². The van der Waals surface area contributed by atoms with E-state index in [9.17, 15) is 24.6 Å². The number of likely N-dealkylation sites (N-methyl/N-ethyl adjacent to an activating group) is 1. The van der Waals surface area contributed by atoms with Crippen LogP contribution in [-0.4, -0.2) is 69.6 Å². The Kier molecular flexibility index (Phi) is 11.4. The number of rotatable bonds is 13. The molecule has 46 heavy (non-hydrogen) atoms. The van der Waals surface area contributed by atoms with E-state index < -0.39 is 34.6 Å². The van der Waals surface area contributed by atoms with Gasteiger partial charge in [-0.1, -0.05) is 60.3 Å². The van der Waals surface area contributed by atoms with Crippen LogP contribution in [0.1, 0.15) is 47.9 Å². The van der Waals surface area contributed by atoms with Crippen LogP contribution in [0.25, 0.3) is 0 Å². The van der Waals surface area contributed by atoms with Gasteiger partial charge in [-0.3, -0.25) is 14.5 Å². The standard InChI is InChI=1S/C33H38FN5O6S/c1-33(2,44)22-12-13-24(26(34)16-22)27-17-25(30(35)42)31(46-27)37-28-11-7-10-23(36-28)18-39(19-29(41)38(3)14-15-40)32(43)45-20-21-8-5-4-6-9-21/h4-13,16,27,40,44H,14-15,17-20H2,1-3H3,(H2,35,42)(H,36,37). The molecule has 0 radical (unpaired) electrons. The van der Waals surface area contributed by atoms with Gasteiger partial charge in [0.15, 0.2) is 0 Å². The van der Waals surface area contributed by atoms with E-state index in [1.54, 1.807) is 44.2 Å². The van der Waals surface area contributed by atoms with Gasteiger partial charge in [-0.2, -0.15) is 0 Å². The average molecular weight is 652 g/mol. The van der Waals surface area contributed by atoms with Crippen LogP contribution in [0.3, 0.4) is 0 Å². The molecule has 1 aliphatic rings. The van der Waals surface area contributed by atoms with Crippen LogP contribution >= 0.6 is 11.8 Å². The molecule has 0 aliphatic carbocycles. The number of carbonyl (C=O) groups is 3. The van der Waals surface area contributed by atoms with Gasteiger partial charge in [0.2, 0.25) is 11.8 Å². The molecule has 11 nitrogen and oxygen atoms in total. The summed E-state index contributed by atoms with van der Waals surface area (Å²) in [6.07, 6.45) is -0.536. The fourth-order valence-electron chi connectivity index (χ4n) is 4.70. The van der Waals surface area contributed by atoms with Gasteiger partial charge < -0.3 is 30.9 Å². The molecule has 1 atom stereocenters. The molecule has 2 aromatic carbocycles. The fraction of sp³-hybridized carbons (Fsp3) is 0.333. The van der Waals surface area contributed by atoms with Gasteiger partial charge in [0.05, 0.1) is 29.5 Å². The quantitative estimate of drug-likeness (QED) is 0.214. The maximum atomic E-state index is 15.1. The lowest BCUT2D eigenvalue weighted by molar-refractivity contribution is -0.131. The first-order chi connectivity index (χ1) is 21.8. The lowest BCUT2D eigenvalue weighted by Crippen LogP contribution is -2.42. The van der Waals surface area contributed by atoms with Gasteiger partial charge >= 0.3 is 6.09 Å². The van der Waals surface area contributed by atoms with E-state index in [1.165, 1.54) is 34.7 Å². The second-order valence-corrected chi connectivity index (χ2v) is 12.6. The Balaban J connectivity index is 1.51. The van der Waals surface area contributed by atoms with Gasteiger partial charge in [0.1, 0.15) is 24.8 Å². The van der Waals surface area contributed by atoms with Crippen molar-refractivity contribution in [3.63, 3.8) is 0 Å². The fourth-order valence-corrected chi connectivity index (χ4v) is 6.04. The number of halogens is 1. The number of benzene rings is 2. The number of hydrogen-bond acceptors (Lipinski definition) is 9. The van der Waals surface area contributed by atoms with Gasteiger partial charge in [-0.25, -0.2) is 14.2 Å². The number of aliphatic hydroxyl groups is 2. The molecule has 5 N–H and O–H groups in total. The van der Waals surface area contributed by atoms with Crippen LogP contribution in [0.5, 0.6) is 0 Å². The summed E-state index contributed by atoms with van der Waals surface area (Å²) < 4.78 is 20.6. The summed E-state index contributed by atoms with van der Waals surface area (Å²) in [5.74, 6) is -1.20. The van der Waals surface area contributed by atoms with Gasteiger partial charge in [0.25, 0.3) is 0 Å². The number of carbonyl (C=O) groups excluding carboxylic acids is 3. The Morgan fingerprint density at radius 1 is 1.13 bits per heavy atom. The number of ether oxygens (including phenoxy) is 1. The van der Waals surface area contributed by atoms with Crippen molar-refractivity contribution in [2.24, 2.45) is 5.73 Å². The molecule has 0 bridgehead atoms. The minimum Gasteiger partial charge on any atom is -0.445 e. The topological polar surface area (TPSA) is 158 Å². The number of nitrogens with one attached hydrogen (secondary N) is 1. The highest BCUT2D eigenvalue weighted by Gasteiger charge is 2.32. The van der Waals surface area contributed by atoms with Crippen molar-refractivity contribution in [3.8, 4) is 0 Å². The van der Waals surface area contributed by atoms with E-state index in [2.05, 4.69) is 10.3 Å². The third kappa shape index (κ3) is 9.05. The monoisotopic (exact) mass is 651 g/mol. The molecule has 1 aliphatic heterocycles. The van der Waals surface area contributed by atoms with Crippen molar-refractivity contribution in [2.75, 3.05) is 32.1 Å². The van der Waals surface area contributed by atoms with E-state index in [-0.39, 0.29) is 44.8 Å². The smallest absolute Gasteiger partial charge is 0.410 e. The number of pyridine rings is 1. The summed E-state index contributed by atoms with van der Waals surface area (Å²) in [6, 6.07) is 18.7. The van der Waals surface area contributed by atoms with E-state index in [0.717, 1.165) is 5.56 Å². The normalized spacial score (nSPS) is 14.6.